The molecule has 0 amide bonds. The van der Waals surface area contributed by atoms with Crippen molar-refractivity contribution in [3.63, 3.8) is 0 Å². The van der Waals surface area contributed by atoms with Crippen LogP contribution in [0.1, 0.15) is 29.5 Å². The fraction of sp³-hybridized carbons (Fsp3) is 0.333. The van der Waals surface area contributed by atoms with E-state index in [9.17, 15) is 8.42 Å². The Labute approximate surface area is 143 Å². The van der Waals surface area contributed by atoms with Gasteiger partial charge in [0.15, 0.2) is 0 Å². The standard InChI is InChI=1S/C18H22ClNO2S/c1-14-13-18(15(2)12-17(14)19)23(21,22)20-11-7-6-10-16-8-4-3-5-9-16/h3-5,8-9,12-13,20H,6-7,10-11H2,1-2H3. The molecule has 1 N–H and O–H groups in total. The summed E-state index contributed by atoms with van der Waals surface area (Å²) in [5, 5.41) is 0.587. The smallest absolute Gasteiger partial charge is 0.211 e. The zero-order chi connectivity index (χ0) is 16.9. The van der Waals surface area contributed by atoms with E-state index in [1.807, 2.05) is 18.2 Å². The zero-order valence-corrected chi connectivity index (χ0v) is 15.0. The lowest BCUT2D eigenvalue weighted by atomic mass is 10.1. The van der Waals surface area contributed by atoms with Crippen LogP contribution in [0.4, 0.5) is 0 Å². The first-order chi connectivity index (χ1) is 10.9. The van der Waals surface area contributed by atoms with E-state index >= 15 is 0 Å². The highest BCUT2D eigenvalue weighted by Crippen LogP contribution is 2.23. The summed E-state index contributed by atoms with van der Waals surface area (Å²) >= 11 is 6.02. The average molecular weight is 352 g/mol. The van der Waals surface area contributed by atoms with Crippen molar-refractivity contribution in [2.75, 3.05) is 6.54 Å². The van der Waals surface area contributed by atoms with Crippen LogP contribution in [0.15, 0.2) is 47.4 Å². The van der Waals surface area contributed by atoms with Gasteiger partial charge in [-0.25, -0.2) is 13.1 Å². The molecule has 0 saturated carbocycles. The van der Waals surface area contributed by atoms with Gasteiger partial charge in [0.1, 0.15) is 0 Å². The maximum Gasteiger partial charge on any atom is 0.240 e. The fourth-order valence-corrected chi connectivity index (χ4v) is 4.03. The van der Waals surface area contributed by atoms with Crippen LogP contribution in [0.5, 0.6) is 0 Å². The van der Waals surface area contributed by atoms with Gasteiger partial charge in [-0.1, -0.05) is 41.9 Å². The molecule has 0 bridgehead atoms. The van der Waals surface area contributed by atoms with E-state index < -0.39 is 10.0 Å². The van der Waals surface area contributed by atoms with Crippen molar-refractivity contribution < 1.29 is 8.42 Å². The number of sulfonamides is 1. The van der Waals surface area contributed by atoms with Gasteiger partial charge < -0.3 is 0 Å². The first-order valence-corrected chi connectivity index (χ1v) is 9.56. The van der Waals surface area contributed by atoms with E-state index in [1.165, 1.54) is 5.56 Å². The summed E-state index contributed by atoms with van der Waals surface area (Å²) in [6, 6.07) is 13.5. The van der Waals surface area contributed by atoms with E-state index in [-0.39, 0.29) is 0 Å². The molecular formula is C18H22ClNO2S. The minimum Gasteiger partial charge on any atom is -0.211 e. The molecule has 0 heterocycles. The average Bonchev–Trinajstić information content (AvgIpc) is 2.51. The predicted molar refractivity (Wildman–Crippen MR) is 95.5 cm³/mol. The van der Waals surface area contributed by atoms with Gasteiger partial charge in [-0.3, -0.25) is 0 Å². The quantitative estimate of drug-likeness (QED) is 0.757. The maximum absolute atomic E-state index is 12.4. The van der Waals surface area contributed by atoms with E-state index in [4.69, 9.17) is 11.6 Å². The minimum atomic E-state index is -3.48. The third-order valence-corrected chi connectivity index (χ3v) is 5.78. The molecule has 0 aliphatic heterocycles. The molecule has 2 aromatic rings. The van der Waals surface area contributed by atoms with Gasteiger partial charge in [0.2, 0.25) is 10.0 Å². The lowest BCUT2D eigenvalue weighted by molar-refractivity contribution is 0.576. The molecule has 0 saturated heterocycles. The number of aryl methyl sites for hydroxylation is 3. The highest BCUT2D eigenvalue weighted by atomic mass is 35.5. The van der Waals surface area contributed by atoms with E-state index in [2.05, 4.69) is 16.9 Å². The normalized spacial score (nSPS) is 11.6. The molecule has 3 nitrogen and oxygen atoms in total. The van der Waals surface area contributed by atoms with Crippen LogP contribution in [0, 0.1) is 13.8 Å². The molecule has 23 heavy (non-hydrogen) atoms. The van der Waals surface area contributed by atoms with E-state index in [0.717, 1.165) is 24.8 Å². The molecule has 0 atom stereocenters. The van der Waals surface area contributed by atoms with Crippen LogP contribution in [-0.2, 0) is 16.4 Å². The molecule has 0 unspecified atom stereocenters. The number of hydrogen-bond donors (Lipinski definition) is 1. The van der Waals surface area contributed by atoms with Crippen LogP contribution in [-0.4, -0.2) is 15.0 Å². The molecule has 0 aliphatic rings. The third kappa shape index (κ3) is 5.06. The topological polar surface area (TPSA) is 46.2 Å². The van der Waals surface area contributed by atoms with Gasteiger partial charge in [0.05, 0.1) is 4.90 Å². The van der Waals surface area contributed by atoms with Crippen molar-refractivity contribution in [1.29, 1.82) is 0 Å². The molecular weight excluding hydrogens is 330 g/mol. The number of halogens is 1. The SMILES string of the molecule is Cc1cc(S(=O)(=O)NCCCCc2ccccc2)c(C)cc1Cl. The molecule has 2 rings (SSSR count). The molecule has 0 aromatic heterocycles. The van der Waals surface area contributed by atoms with Gasteiger partial charge in [0.25, 0.3) is 0 Å². The molecule has 0 radical (unpaired) electrons. The Balaban J connectivity index is 1.88. The summed E-state index contributed by atoms with van der Waals surface area (Å²) in [5.74, 6) is 0. The predicted octanol–water partition coefficient (Wildman–Crippen LogP) is 4.26. The summed E-state index contributed by atoms with van der Waals surface area (Å²) in [6.45, 7) is 4.01. The molecule has 0 aliphatic carbocycles. The Hall–Kier alpha value is -1.36. The third-order valence-electron chi connectivity index (χ3n) is 3.77. The maximum atomic E-state index is 12.4. The number of unbranched alkanes of at least 4 members (excludes halogenated alkanes) is 1. The second-order valence-corrected chi connectivity index (χ2v) is 7.85. The van der Waals surface area contributed by atoms with E-state index in [1.54, 1.807) is 26.0 Å². The molecule has 2 aromatic carbocycles. The van der Waals surface area contributed by atoms with Crippen molar-refractivity contribution in [3.05, 3.63) is 64.2 Å². The van der Waals surface area contributed by atoms with Crippen LogP contribution in [0.3, 0.4) is 0 Å². The monoisotopic (exact) mass is 351 g/mol. The van der Waals surface area contributed by atoms with Gasteiger partial charge in [-0.2, -0.15) is 0 Å². The fourth-order valence-electron chi connectivity index (χ4n) is 2.43. The van der Waals surface area contributed by atoms with Crippen molar-refractivity contribution in [2.45, 2.75) is 38.0 Å². The highest BCUT2D eigenvalue weighted by Gasteiger charge is 2.17. The van der Waals surface area contributed by atoms with Gasteiger partial charge >= 0.3 is 0 Å². The Kier molecular flexibility index (Phi) is 6.22. The van der Waals surface area contributed by atoms with Crippen molar-refractivity contribution >= 4 is 21.6 Å². The summed E-state index contributed by atoms with van der Waals surface area (Å²) in [7, 11) is -3.48. The molecule has 0 spiro atoms. The summed E-state index contributed by atoms with van der Waals surface area (Å²) in [5.41, 5.74) is 2.71. The summed E-state index contributed by atoms with van der Waals surface area (Å²) in [4.78, 5) is 0.308. The van der Waals surface area contributed by atoms with Gasteiger partial charge in [-0.05, 0) is 61.9 Å². The van der Waals surface area contributed by atoms with Gasteiger partial charge in [0, 0.05) is 11.6 Å². The van der Waals surface area contributed by atoms with Crippen LogP contribution < -0.4 is 4.72 Å². The van der Waals surface area contributed by atoms with Gasteiger partial charge in [-0.15, -0.1) is 0 Å². The first-order valence-electron chi connectivity index (χ1n) is 7.70. The number of nitrogens with one attached hydrogen (secondary N) is 1. The van der Waals surface area contributed by atoms with E-state index in [0.29, 0.717) is 22.0 Å². The molecule has 124 valence electrons. The van der Waals surface area contributed by atoms with Crippen LogP contribution in [0.2, 0.25) is 5.02 Å². The zero-order valence-electron chi connectivity index (χ0n) is 13.5. The Bertz CT molecular complexity index is 758. The molecule has 0 fully saturated rings. The second kappa shape index (κ2) is 7.95. The van der Waals surface area contributed by atoms with Crippen molar-refractivity contribution in [2.24, 2.45) is 0 Å². The number of hydrogen-bond acceptors (Lipinski definition) is 2. The summed E-state index contributed by atoms with van der Waals surface area (Å²) < 4.78 is 27.5. The molecule has 5 heteroatoms. The Morgan fingerprint density at radius 1 is 1.00 bits per heavy atom. The van der Waals surface area contributed by atoms with Crippen LogP contribution in [0.25, 0.3) is 0 Å². The van der Waals surface area contributed by atoms with Crippen LogP contribution >= 0.6 is 11.6 Å². The second-order valence-electron chi connectivity index (χ2n) is 5.71. The minimum absolute atomic E-state index is 0.308. The van der Waals surface area contributed by atoms with Crippen molar-refractivity contribution in [1.82, 2.24) is 4.72 Å². The largest absolute Gasteiger partial charge is 0.240 e. The lowest BCUT2D eigenvalue weighted by Crippen LogP contribution is -2.25. The highest BCUT2D eigenvalue weighted by molar-refractivity contribution is 7.89. The summed E-state index contributed by atoms with van der Waals surface area (Å²) in [6.07, 6.45) is 2.71. The van der Waals surface area contributed by atoms with Crippen molar-refractivity contribution in [3.8, 4) is 0 Å². The lowest BCUT2D eigenvalue weighted by Gasteiger charge is -2.11. The Morgan fingerprint density at radius 2 is 1.70 bits per heavy atom. The Morgan fingerprint density at radius 3 is 2.39 bits per heavy atom. The number of benzene rings is 2. The number of rotatable bonds is 7. The first kappa shape index (κ1) is 18.0.